The van der Waals surface area contributed by atoms with E-state index in [0.29, 0.717) is 51.2 Å². The van der Waals surface area contributed by atoms with Gasteiger partial charge in [-0.15, -0.1) is 0 Å². The quantitative estimate of drug-likeness (QED) is 0.358. The number of hydrogen-bond donors (Lipinski definition) is 2. The maximum atomic E-state index is 13.5. The summed E-state index contributed by atoms with van der Waals surface area (Å²) in [5, 5.41) is 7.55. The fourth-order valence-corrected chi connectivity index (χ4v) is 3.82. The van der Waals surface area contributed by atoms with Crippen LogP contribution in [0.5, 0.6) is 0 Å². The van der Waals surface area contributed by atoms with Crippen molar-refractivity contribution in [3.05, 3.63) is 107 Å². The Labute approximate surface area is 193 Å². The summed E-state index contributed by atoms with van der Waals surface area (Å²) in [7, 11) is 0. The van der Waals surface area contributed by atoms with Gasteiger partial charge in [-0.05, 0) is 55.0 Å². The number of aromatic amines is 1. The lowest BCUT2D eigenvalue weighted by atomic mass is 9.97. The van der Waals surface area contributed by atoms with Crippen molar-refractivity contribution in [2.45, 2.75) is 13.5 Å². The lowest BCUT2D eigenvalue weighted by molar-refractivity contribution is 0.0950. The van der Waals surface area contributed by atoms with E-state index in [9.17, 15) is 14.0 Å². The number of nitrogens with one attached hydrogen (secondary N) is 2. The standard InChI is InChI=1S/C26H19FN4O3/c1-15-23(24(31-34-15)17-4-7-19(27)8-5-17)25(32)21-14-29-22-11-18(6-9-20(21)22)26(33)30-13-16-3-2-10-28-12-16/h2-12,14,29H,13H2,1H3,(H,30,33). The molecular formula is C26H19FN4O3. The Morgan fingerprint density at radius 1 is 1.12 bits per heavy atom. The molecule has 0 unspecified atom stereocenters. The van der Waals surface area contributed by atoms with Gasteiger partial charge in [-0.25, -0.2) is 4.39 Å². The largest absolute Gasteiger partial charge is 0.360 e. The van der Waals surface area contributed by atoms with E-state index in [1.165, 1.54) is 12.1 Å². The van der Waals surface area contributed by atoms with Crippen molar-refractivity contribution in [1.82, 2.24) is 20.4 Å². The highest BCUT2D eigenvalue weighted by Gasteiger charge is 2.25. The van der Waals surface area contributed by atoms with Crippen molar-refractivity contribution in [3.8, 4) is 11.3 Å². The maximum absolute atomic E-state index is 13.5. The maximum Gasteiger partial charge on any atom is 0.251 e. The zero-order valence-corrected chi connectivity index (χ0v) is 18.1. The Hall–Kier alpha value is -4.59. The molecule has 0 spiro atoms. The third-order valence-electron chi connectivity index (χ3n) is 5.57. The minimum absolute atomic E-state index is 0.235. The summed E-state index contributed by atoms with van der Waals surface area (Å²) in [5.74, 6) is -0.529. The number of carbonyl (C=O) groups excluding carboxylic acids is 2. The van der Waals surface area contributed by atoms with Crippen LogP contribution in [0.4, 0.5) is 4.39 Å². The number of halogens is 1. The van der Waals surface area contributed by atoms with Gasteiger partial charge >= 0.3 is 0 Å². The zero-order chi connectivity index (χ0) is 23.7. The third kappa shape index (κ3) is 3.97. The average molecular weight is 454 g/mol. The van der Waals surface area contributed by atoms with Crippen LogP contribution >= 0.6 is 0 Å². The molecule has 0 radical (unpaired) electrons. The SMILES string of the molecule is Cc1onc(-c2ccc(F)cc2)c1C(=O)c1c[nH]c2cc(C(=O)NCc3cccnc3)ccc12. The molecule has 5 aromatic rings. The number of benzene rings is 2. The molecule has 8 heteroatoms. The average Bonchev–Trinajstić information content (AvgIpc) is 3.46. The molecule has 0 aliphatic rings. The number of carbonyl (C=O) groups is 2. The number of aromatic nitrogens is 3. The molecule has 0 aliphatic carbocycles. The molecular weight excluding hydrogens is 435 g/mol. The van der Waals surface area contributed by atoms with E-state index in [2.05, 4.69) is 20.4 Å². The van der Waals surface area contributed by atoms with E-state index in [0.717, 1.165) is 5.56 Å². The smallest absolute Gasteiger partial charge is 0.251 e. The molecule has 2 aromatic carbocycles. The first kappa shape index (κ1) is 21.3. The van der Waals surface area contributed by atoms with Gasteiger partial charge in [0.05, 0.1) is 5.56 Å². The van der Waals surface area contributed by atoms with Crippen LogP contribution in [-0.2, 0) is 6.54 Å². The minimum atomic E-state index is -0.381. The molecule has 2 N–H and O–H groups in total. The van der Waals surface area contributed by atoms with E-state index in [-0.39, 0.29) is 17.5 Å². The van der Waals surface area contributed by atoms with Gasteiger partial charge in [0.1, 0.15) is 17.3 Å². The zero-order valence-electron chi connectivity index (χ0n) is 18.1. The van der Waals surface area contributed by atoms with Gasteiger partial charge in [0, 0.05) is 52.7 Å². The fraction of sp³-hybridized carbons (Fsp3) is 0.0769. The molecule has 0 bridgehead atoms. The molecule has 0 saturated heterocycles. The van der Waals surface area contributed by atoms with Gasteiger partial charge in [-0.1, -0.05) is 17.3 Å². The van der Waals surface area contributed by atoms with E-state index in [4.69, 9.17) is 4.52 Å². The summed E-state index contributed by atoms with van der Waals surface area (Å²) in [5.41, 5.74) is 3.67. The number of pyridine rings is 1. The van der Waals surface area contributed by atoms with E-state index < -0.39 is 0 Å². The molecule has 0 saturated carbocycles. The van der Waals surface area contributed by atoms with Crippen LogP contribution in [0.15, 0.2) is 77.7 Å². The molecule has 0 aliphatic heterocycles. The van der Waals surface area contributed by atoms with Crippen molar-refractivity contribution in [1.29, 1.82) is 0 Å². The van der Waals surface area contributed by atoms with Crippen molar-refractivity contribution in [2.24, 2.45) is 0 Å². The van der Waals surface area contributed by atoms with E-state index in [1.54, 1.807) is 55.8 Å². The summed E-state index contributed by atoms with van der Waals surface area (Å²) < 4.78 is 18.6. The van der Waals surface area contributed by atoms with Gasteiger partial charge in [-0.2, -0.15) is 0 Å². The topological polar surface area (TPSA) is 101 Å². The first-order chi connectivity index (χ1) is 16.5. The Morgan fingerprint density at radius 3 is 2.71 bits per heavy atom. The van der Waals surface area contributed by atoms with Gasteiger partial charge in [-0.3, -0.25) is 14.6 Å². The highest BCUT2D eigenvalue weighted by Crippen LogP contribution is 2.30. The number of H-pyrrole nitrogens is 1. The number of ketones is 1. The van der Waals surface area contributed by atoms with Gasteiger partial charge in [0.2, 0.25) is 5.78 Å². The molecule has 0 atom stereocenters. The molecule has 7 nitrogen and oxygen atoms in total. The predicted molar refractivity (Wildman–Crippen MR) is 124 cm³/mol. The Morgan fingerprint density at radius 2 is 1.94 bits per heavy atom. The second kappa shape index (κ2) is 8.74. The van der Waals surface area contributed by atoms with Crippen molar-refractivity contribution in [2.75, 3.05) is 0 Å². The number of fused-ring (bicyclic) bond motifs is 1. The van der Waals surface area contributed by atoms with Crippen molar-refractivity contribution < 1.29 is 18.5 Å². The third-order valence-corrected chi connectivity index (χ3v) is 5.57. The number of aryl methyl sites for hydroxylation is 1. The second-order valence-corrected chi connectivity index (χ2v) is 7.81. The van der Waals surface area contributed by atoms with Crippen LogP contribution in [0.25, 0.3) is 22.2 Å². The fourth-order valence-electron chi connectivity index (χ4n) is 3.82. The monoisotopic (exact) mass is 454 g/mol. The van der Waals surface area contributed by atoms with Gasteiger partial charge < -0.3 is 14.8 Å². The highest BCUT2D eigenvalue weighted by atomic mass is 19.1. The van der Waals surface area contributed by atoms with Gasteiger partial charge in [0.15, 0.2) is 0 Å². The molecule has 3 heterocycles. The predicted octanol–water partition coefficient (Wildman–Crippen LogP) is 4.83. The lowest BCUT2D eigenvalue weighted by Gasteiger charge is -2.06. The first-order valence-corrected chi connectivity index (χ1v) is 10.6. The van der Waals surface area contributed by atoms with E-state index >= 15 is 0 Å². The summed E-state index contributed by atoms with van der Waals surface area (Å²) >= 11 is 0. The number of rotatable bonds is 6. The van der Waals surface area contributed by atoms with Crippen molar-refractivity contribution in [3.63, 3.8) is 0 Å². The highest BCUT2D eigenvalue weighted by molar-refractivity contribution is 6.19. The van der Waals surface area contributed by atoms with Crippen LogP contribution in [0.2, 0.25) is 0 Å². The Bertz CT molecular complexity index is 1500. The van der Waals surface area contributed by atoms with Crippen LogP contribution in [0, 0.1) is 12.7 Å². The Kier molecular flexibility index (Phi) is 5.47. The first-order valence-electron chi connectivity index (χ1n) is 10.6. The number of nitrogens with zero attached hydrogens (tertiary/aromatic N) is 2. The van der Waals surface area contributed by atoms with Gasteiger partial charge in [0.25, 0.3) is 5.91 Å². The number of amides is 1. The van der Waals surface area contributed by atoms with Crippen molar-refractivity contribution >= 4 is 22.6 Å². The molecule has 3 aromatic heterocycles. The normalized spacial score (nSPS) is 11.0. The lowest BCUT2D eigenvalue weighted by Crippen LogP contribution is -2.22. The summed E-state index contributed by atoms with van der Waals surface area (Å²) in [6.45, 7) is 2.02. The van der Waals surface area contributed by atoms with Crippen LogP contribution in [0.1, 0.15) is 37.6 Å². The number of hydrogen-bond acceptors (Lipinski definition) is 5. The Balaban J connectivity index is 1.42. The minimum Gasteiger partial charge on any atom is -0.360 e. The van der Waals surface area contributed by atoms with Crippen LogP contribution in [-0.4, -0.2) is 26.8 Å². The van der Waals surface area contributed by atoms with E-state index in [1.807, 2.05) is 12.1 Å². The molecule has 5 rings (SSSR count). The summed E-state index contributed by atoms with van der Waals surface area (Å²) in [6.07, 6.45) is 4.97. The van der Waals surface area contributed by atoms with Crippen LogP contribution < -0.4 is 5.32 Å². The molecule has 168 valence electrons. The molecule has 0 fully saturated rings. The van der Waals surface area contributed by atoms with Crippen LogP contribution in [0.3, 0.4) is 0 Å². The summed E-state index contributed by atoms with van der Waals surface area (Å²) in [4.78, 5) is 33.2. The summed E-state index contributed by atoms with van der Waals surface area (Å²) in [6, 6.07) is 14.5. The molecule has 34 heavy (non-hydrogen) atoms. The molecule has 1 amide bonds. The second-order valence-electron chi connectivity index (χ2n) is 7.81.